The molecule has 0 spiro atoms. The van der Waals surface area contributed by atoms with E-state index in [-0.39, 0.29) is 11.8 Å². The van der Waals surface area contributed by atoms with Gasteiger partial charge < -0.3 is 15.8 Å². The van der Waals surface area contributed by atoms with E-state index in [2.05, 4.69) is 5.32 Å². The van der Waals surface area contributed by atoms with Gasteiger partial charge in [-0.25, -0.2) is 0 Å². The van der Waals surface area contributed by atoms with Crippen molar-refractivity contribution in [1.29, 1.82) is 0 Å². The summed E-state index contributed by atoms with van der Waals surface area (Å²) in [5, 5.41) is 3.03. The molecule has 20 heavy (non-hydrogen) atoms. The third kappa shape index (κ3) is 1.63. The highest BCUT2D eigenvalue weighted by Crippen LogP contribution is 2.69. The maximum absolute atomic E-state index is 12.4. The van der Waals surface area contributed by atoms with Gasteiger partial charge in [0.05, 0.1) is 12.8 Å². The van der Waals surface area contributed by atoms with E-state index in [1.54, 1.807) is 19.2 Å². The first-order valence-corrected chi connectivity index (χ1v) is 7.43. The zero-order chi connectivity index (χ0) is 13.9. The van der Waals surface area contributed by atoms with Gasteiger partial charge in [0.1, 0.15) is 5.75 Å². The van der Waals surface area contributed by atoms with Gasteiger partial charge in [0.25, 0.3) is 0 Å². The Kier molecular flexibility index (Phi) is 2.50. The second-order valence-corrected chi connectivity index (χ2v) is 6.46. The number of ether oxygens (including phenoxy) is 1. The Bertz CT molecular complexity index is 556. The summed E-state index contributed by atoms with van der Waals surface area (Å²) in [5.41, 5.74) is 7.15. The fourth-order valence-electron chi connectivity index (χ4n) is 4.69. The molecule has 3 fully saturated rings. The number of nitrogens with one attached hydrogen (secondary N) is 1. The molecule has 3 saturated carbocycles. The van der Waals surface area contributed by atoms with Gasteiger partial charge in [-0.3, -0.25) is 4.79 Å². The van der Waals surface area contributed by atoms with Crippen LogP contribution in [-0.2, 0) is 4.79 Å². The molecule has 4 nitrogen and oxygen atoms in total. The molecule has 0 radical (unpaired) electrons. The van der Waals surface area contributed by atoms with E-state index in [0.29, 0.717) is 23.3 Å². The van der Waals surface area contributed by atoms with Crippen molar-refractivity contribution >= 4 is 17.3 Å². The van der Waals surface area contributed by atoms with E-state index in [9.17, 15) is 4.79 Å². The summed E-state index contributed by atoms with van der Waals surface area (Å²) in [4.78, 5) is 12.4. The van der Waals surface area contributed by atoms with Gasteiger partial charge in [-0.2, -0.15) is 0 Å². The van der Waals surface area contributed by atoms with Gasteiger partial charge in [-0.1, -0.05) is 0 Å². The molecule has 4 heteroatoms. The summed E-state index contributed by atoms with van der Waals surface area (Å²) in [5.74, 6) is 4.03. The number of carbonyl (C=O) groups is 1. The number of nitrogens with two attached hydrogens (primary N) is 1. The van der Waals surface area contributed by atoms with Crippen LogP contribution in [0.4, 0.5) is 11.4 Å². The molecule has 4 unspecified atom stereocenters. The Morgan fingerprint density at radius 3 is 2.65 bits per heavy atom. The predicted molar refractivity (Wildman–Crippen MR) is 77.3 cm³/mol. The lowest BCUT2D eigenvalue weighted by Crippen LogP contribution is -2.18. The Morgan fingerprint density at radius 2 is 2.00 bits per heavy atom. The summed E-state index contributed by atoms with van der Waals surface area (Å²) >= 11 is 0. The monoisotopic (exact) mass is 272 g/mol. The normalized spacial score (nSPS) is 36.5. The summed E-state index contributed by atoms with van der Waals surface area (Å²) < 4.78 is 5.19. The molecule has 3 N–H and O–H groups in total. The molecule has 0 aliphatic heterocycles. The molecular weight excluding hydrogens is 252 g/mol. The molecule has 1 aromatic carbocycles. The number of rotatable bonds is 3. The molecule has 0 saturated heterocycles. The number of anilines is 2. The van der Waals surface area contributed by atoms with Gasteiger partial charge in [0.15, 0.2) is 0 Å². The number of nitrogen functional groups attached to an aromatic ring is 1. The first-order chi connectivity index (χ1) is 9.69. The van der Waals surface area contributed by atoms with Crippen LogP contribution in [-0.4, -0.2) is 13.0 Å². The molecular formula is C16H20N2O2. The van der Waals surface area contributed by atoms with E-state index in [0.717, 1.165) is 17.5 Å². The average molecular weight is 272 g/mol. The minimum atomic E-state index is 0.184. The zero-order valence-corrected chi connectivity index (χ0v) is 11.6. The minimum Gasteiger partial charge on any atom is -0.495 e. The second-order valence-electron chi connectivity index (χ2n) is 6.46. The van der Waals surface area contributed by atoms with Crippen molar-refractivity contribution in [3.05, 3.63) is 18.2 Å². The highest BCUT2D eigenvalue weighted by molar-refractivity contribution is 5.95. The van der Waals surface area contributed by atoms with Crippen LogP contribution in [0.2, 0.25) is 0 Å². The molecule has 3 aliphatic rings. The van der Waals surface area contributed by atoms with Crippen LogP contribution in [0, 0.1) is 29.6 Å². The minimum absolute atomic E-state index is 0.184. The molecule has 0 aromatic heterocycles. The van der Waals surface area contributed by atoms with Crippen molar-refractivity contribution in [2.24, 2.45) is 29.6 Å². The molecule has 4 atom stereocenters. The smallest absolute Gasteiger partial charge is 0.228 e. The van der Waals surface area contributed by atoms with Crippen molar-refractivity contribution < 1.29 is 9.53 Å². The van der Waals surface area contributed by atoms with Crippen molar-refractivity contribution in [3.8, 4) is 5.75 Å². The molecule has 0 heterocycles. The summed E-state index contributed by atoms with van der Waals surface area (Å²) in [6.07, 6.45) is 4.05. The first-order valence-electron chi connectivity index (χ1n) is 7.43. The first kappa shape index (κ1) is 12.1. The van der Waals surface area contributed by atoms with Gasteiger partial charge >= 0.3 is 0 Å². The van der Waals surface area contributed by atoms with Crippen molar-refractivity contribution in [2.45, 2.75) is 19.3 Å². The van der Waals surface area contributed by atoms with Gasteiger partial charge in [0, 0.05) is 17.7 Å². The Morgan fingerprint density at radius 1 is 1.30 bits per heavy atom. The maximum atomic E-state index is 12.4. The number of amides is 1. The topological polar surface area (TPSA) is 64.3 Å². The van der Waals surface area contributed by atoms with Crippen LogP contribution < -0.4 is 15.8 Å². The molecule has 106 valence electrons. The van der Waals surface area contributed by atoms with E-state index in [1.807, 2.05) is 6.07 Å². The maximum Gasteiger partial charge on any atom is 0.228 e. The molecule has 4 rings (SSSR count). The quantitative estimate of drug-likeness (QED) is 0.831. The van der Waals surface area contributed by atoms with Crippen LogP contribution in [0.25, 0.3) is 0 Å². The zero-order valence-electron chi connectivity index (χ0n) is 11.6. The standard InChI is InChI=1S/C16H20N2O2/c1-20-12-7-10(4-5-11(12)17)18-16(19)15-13-8-2-3-9(6-8)14(13)15/h4-5,7-9,13-15H,2-3,6,17H2,1H3,(H,18,19). The molecule has 1 aromatic rings. The van der Waals surface area contributed by atoms with E-state index in [4.69, 9.17) is 10.5 Å². The predicted octanol–water partition coefficient (Wildman–Crippen LogP) is 2.51. The van der Waals surface area contributed by atoms with Crippen LogP contribution in [0.1, 0.15) is 19.3 Å². The highest BCUT2D eigenvalue weighted by Gasteiger charge is 2.67. The average Bonchev–Trinajstić information content (AvgIpc) is 2.90. The molecule has 1 amide bonds. The lowest BCUT2D eigenvalue weighted by Gasteiger charge is -2.11. The number of carbonyl (C=O) groups excluding carboxylic acids is 1. The fraction of sp³-hybridized carbons (Fsp3) is 0.562. The van der Waals surface area contributed by atoms with Gasteiger partial charge in [-0.15, -0.1) is 0 Å². The largest absolute Gasteiger partial charge is 0.495 e. The van der Waals surface area contributed by atoms with Crippen LogP contribution >= 0.6 is 0 Å². The van der Waals surface area contributed by atoms with Crippen LogP contribution in [0.5, 0.6) is 5.75 Å². The lowest BCUT2D eigenvalue weighted by molar-refractivity contribution is -0.118. The Labute approximate surface area is 118 Å². The van der Waals surface area contributed by atoms with Crippen molar-refractivity contribution in [3.63, 3.8) is 0 Å². The Hall–Kier alpha value is -1.71. The number of benzene rings is 1. The number of hydrogen-bond acceptors (Lipinski definition) is 3. The van der Waals surface area contributed by atoms with Gasteiger partial charge in [0.2, 0.25) is 5.91 Å². The number of hydrogen-bond donors (Lipinski definition) is 2. The highest BCUT2D eigenvalue weighted by atomic mass is 16.5. The van der Waals surface area contributed by atoms with Gasteiger partial charge in [-0.05, 0) is 55.1 Å². The van der Waals surface area contributed by atoms with Crippen LogP contribution in [0.3, 0.4) is 0 Å². The molecule has 3 aliphatic carbocycles. The van der Waals surface area contributed by atoms with E-state index in [1.165, 1.54) is 19.3 Å². The lowest BCUT2D eigenvalue weighted by atomic mass is 10.0. The Balaban J connectivity index is 1.46. The summed E-state index contributed by atoms with van der Waals surface area (Å²) in [6.45, 7) is 0. The van der Waals surface area contributed by atoms with Crippen molar-refractivity contribution in [2.75, 3.05) is 18.2 Å². The second kappa shape index (κ2) is 4.14. The third-order valence-corrected chi connectivity index (χ3v) is 5.54. The summed E-state index contributed by atoms with van der Waals surface area (Å²) in [7, 11) is 1.58. The fourth-order valence-corrected chi connectivity index (χ4v) is 4.69. The third-order valence-electron chi connectivity index (χ3n) is 5.54. The van der Waals surface area contributed by atoms with E-state index >= 15 is 0 Å². The van der Waals surface area contributed by atoms with E-state index < -0.39 is 0 Å². The van der Waals surface area contributed by atoms with Crippen molar-refractivity contribution in [1.82, 2.24) is 0 Å². The number of methoxy groups -OCH3 is 1. The summed E-state index contributed by atoms with van der Waals surface area (Å²) in [6, 6.07) is 5.40. The number of fused-ring (bicyclic) bond motifs is 5. The van der Waals surface area contributed by atoms with Crippen LogP contribution in [0.15, 0.2) is 18.2 Å². The SMILES string of the molecule is COc1cc(NC(=O)C2C3C4CCC(C4)C23)ccc1N. The molecule has 2 bridgehead atoms.